The number of nitrogens with zero attached hydrogens (tertiary/aromatic N) is 2. The summed E-state index contributed by atoms with van der Waals surface area (Å²) in [6.07, 6.45) is 1.30. The molecule has 0 aliphatic rings. The maximum atomic E-state index is 11.7. The fourth-order valence-corrected chi connectivity index (χ4v) is 2.90. The summed E-state index contributed by atoms with van der Waals surface area (Å²) in [5.74, 6) is -0.304. The Balaban J connectivity index is 2.01. The van der Waals surface area contributed by atoms with Crippen molar-refractivity contribution in [1.29, 1.82) is 0 Å². The Kier molecular flexibility index (Phi) is 3.40. The van der Waals surface area contributed by atoms with Gasteiger partial charge < -0.3 is 10.1 Å². The number of H-pyrrole nitrogens is 2. The normalized spacial score (nSPS) is 11.5. The van der Waals surface area contributed by atoms with E-state index in [9.17, 15) is 9.90 Å². The van der Waals surface area contributed by atoms with Crippen molar-refractivity contribution in [3.05, 3.63) is 43.9 Å². The number of benzene rings is 1. The van der Waals surface area contributed by atoms with Crippen LogP contribution < -0.4 is 5.56 Å². The second-order valence-electron chi connectivity index (χ2n) is 4.31. The van der Waals surface area contributed by atoms with Crippen LogP contribution in [0.15, 0.2) is 28.0 Å². The van der Waals surface area contributed by atoms with Gasteiger partial charge in [0.2, 0.25) is 5.88 Å². The van der Waals surface area contributed by atoms with Crippen LogP contribution in [0.1, 0.15) is 10.6 Å². The van der Waals surface area contributed by atoms with Gasteiger partial charge in [-0.25, -0.2) is 4.98 Å². The molecule has 2 heterocycles. The molecule has 0 saturated carbocycles. The molecule has 0 radical (unpaired) electrons. The van der Waals surface area contributed by atoms with Crippen LogP contribution in [-0.4, -0.2) is 26.3 Å². The van der Waals surface area contributed by atoms with Gasteiger partial charge in [-0.2, -0.15) is 0 Å². The average molecular weight is 318 g/mol. The molecular formula is C13H10N4O2S2. The van der Waals surface area contributed by atoms with Crippen molar-refractivity contribution >= 4 is 45.7 Å². The molecule has 1 aromatic carbocycles. The number of hydrogen-bond donors (Lipinski definition) is 3. The lowest BCUT2D eigenvalue weighted by molar-refractivity contribution is 0.449. The van der Waals surface area contributed by atoms with Crippen molar-refractivity contribution in [3.63, 3.8) is 0 Å². The zero-order valence-electron chi connectivity index (χ0n) is 10.9. The van der Waals surface area contributed by atoms with Gasteiger partial charge in [0.25, 0.3) is 5.56 Å². The molecular weight excluding hydrogens is 308 g/mol. The van der Waals surface area contributed by atoms with E-state index >= 15 is 0 Å². The third-order valence-electron chi connectivity index (χ3n) is 2.78. The van der Waals surface area contributed by atoms with Gasteiger partial charge in [-0.3, -0.25) is 14.8 Å². The Morgan fingerprint density at radius 1 is 1.43 bits per heavy atom. The smallest absolute Gasteiger partial charge is 0.264 e. The zero-order chi connectivity index (χ0) is 15.0. The lowest BCUT2D eigenvalue weighted by Gasteiger charge is -1.97. The average Bonchev–Trinajstić information content (AvgIpc) is 2.76. The molecule has 0 aliphatic carbocycles. The van der Waals surface area contributed by atoms with E-state index in [2.05, 4.69) is 19.9 Å². The minimum atomic E-state index is -0.491. The number of hydrogen-bond acceptors (Lipinski definition) is 6. The highest BCUT2D eigenvalue weighted by molar-refractivity contribution is 7.71. The fourth-order valence-electron chi connectivity index (χ4n) is 1.85. The number of aromatic hydroxyl groups is 1. The van der Waals surface area contributed by atoms with Crippen molar-refractivity contribution in [2.45, 2.75) is 6.92 Å². The molecule has 0 saturated heterocycles. The first-order valence-corrected chi connectivity index (χ1v) is 7.22. The van der Waals surface area contributed by atoms with Crippen molar-refractivity contribution in [3.8, 4) is 5.88 Å². The maximum Gasteiger partial charge on any atom is 0.264 e. The summed E-state index contributed by atoms with van der Waals surface area (Å²) in [5, 5.41) is 10.7. The predicted octanol–water partition coefficient (Wildman–Crippen LogP) is 2.81. The largest absolute Gasteiger partial charge is 0.494 e. The van der Waals surface area contributed by atoms with E-state index in [4.69, 9.17) is 12.2 Å². The second kappa shape index (κ2) is 5.23. The van der Waals surface area contributed by atoms with Gasteiger partial charge in [0.1, 0.15) is 5.56 Å². The highest BCUT2D eigenvalue weighted by Crippen LogP contribution is 2.26. The van der Waals surface area contributed by atoms with E-state index < -0.39 is 5.56 Å². The molecule has 6 nitrogen and oxygen atoms in total. The maximum absolute atomic E-state index is 11.7. The number of thiazole rings is 1. The number of aromatic amines is 2. The van der Waals surface area contributed by atoms with Gasteiger partial charge in [-0.15, -0.1) is 11.3 Å². The van der Waals surface area contributed by atoms with Gasteiger partial charge >= 0.3 is 0 Å². The standard InChI is InChI=1S/C13H10N4O2S2/c1-6-15-9-3-2-7(4-10(9)21-6)14-5-8-11(18)16-13(20)17-12(8)19/h2-5H,1H3,(H3,16,17,18,19,20). The summed E-state index contributed by atoms with van der Waals surface area (Å²) in [6.45, 7) is 1.94. The van der Waals surface area contributed by atoms with Gasteiger partial charge in [0.15, 0.2) is 4.77 Å². The number of aliphatic imine (C=N–C) groups is 1. The van der Waals surface area contributed by atoms with Gasteiger partial charge in [0, 0.05) is 6.21 Å². The molecule has 21 heavy (non-hydrogen) atoms. The lowest BCUT2D eigenvalue weighted by Crippen LogP contribution is -2.13. The van der Waals surface area contributed by atoms with E-state index in [1.165, 1.54) is 6.21 Å². The lowest BCUT2D eigenvalue weighted by atomic mass is 10.3. The monoisotopic (exact) mass is 318 g/mol. The second-order valence-corrected chi connectivity index (χ2v) is 5.96. The molecule has 0 unspecified atom stereocenters. The summed E-state index contributed by atoms with van der Waals surface area (Å²) in [5.41, 5.74) is 1.13. The minimum Gasteiger partial charge on any atom is -0.494 e. The summed E-state index contributed by atoms with van der Waals surface area (Å²) in [6, 6.07) is 5.55. The number of aromatic nitrogens is 3. The van der Waals surface area contributed by atoms with E-state index in [0.29, 0.717) is 5.69 Å². The molecule has 3 rings (SSSR count). The molecule has 0 fully saturated rings. The van der Waals surface area contributed by atoms with Crippen molar-refractivity contribution in [2.75, 3.05) is 0 Å². The SMILES string of the molecule is Cc1nc2ccc(N=Cc3c(O)[nH]c(=S)[nH]c3=O)cc2s1. The molecule has 0 bridgehead atoms. The van der Waals surface area contributed by atoms with Crippen LogP contribution in [0.3, 0.4) is 0 Å². The Morgan fingerprint density at radius 2 is 2.24 bits per heavy atom. The van der Waals surface area contributed by atoms with Crippen molar-refractivity contribution in [1.82, 2.24) is 15.0 Å². The first-order chi connectivity index (χ1) is 10.0. The van der Waals surface area contributed by atoms with Gasteiger partial charge in [-0.1, -0.05) is 0 Å². The van der Waals surface area contributed by atoms with E-state index in [0.717, 1.165) is 15.2 Å². The van der Waals surface area contributed by atoms with Crippen LogP contribution in [-0.2, 0) is 0 Å². The highest BCUT2D eigenvalue weighted by atomic mass is 32.1. The van der Waals surface area contributed by atoms with Gasteiger partial charge in [-0.05, 0) is 37.3 Å². The minimum absolute atomic E-state index is 0.0317. The number of fused-ring (bicyclic) bond motifs is 1. The van der Waals surface area contributed by atoms with Crippen LogP contribution in [0.25, 0.3) is 10.2 Å². The number of nitrogens with one attached hydrogen (secondary N) is 2. The molecule has 3 N–H and O–H groups in total. The van der Waals surface area contributed by atoms with Crippen LogP contribution in [0.4, 0.5) is 5.69 Å². The third-order valence-corrected chi connectivity index (χ3v) is 3.92. The first kappa shape index (κ1) is 13.7. The van der Waals surface area contributed by atoms with Crippen molar-refractivity contribution < 1.29 is 5.11 Å². The number of aryl methyl sites for hydroxylation is 1. The highest BCUT2D eigenvalue weighted by Gasteiger charge is 2.05. The molecule has 8 heteroatoms. The Hall–Kier alpha value is -2.32. The summed E-state index contributed by atoms with van der Waals surface area (Å²) in [7, 11) is 0. The van der Waals surface area contributed by atoms with Gasteiger partial charge in [0.05, 0.1) is 20.9 Å². The van der Waals surface area contributed by atoms with Crippen LogP contribution in [0.2, 0.25) is 0 Å². The van der Waals surface area contributed by atoms with E-state index in [1.54, 1.807) is 17.4 Å². The summed E-state index contributed by atoms with van der Waals surface area (Å²) < 4.78 is 1.09. The Bertz CT molecular complexity index is 968. The Morgan fingerprint density at radius 3 is 3.00 bits per heavy atom. The molecule has 0 atom stereocenters. The predicted molar refractivity (Wildman–Crippen MR) is 85.5 cm³/mol. The first-order valence-electron chi connectivity index (χ1n) is 6.00. The quantitative estimate of drug-likeness (QED) is 0.500. The molecule has 2 aromatic heterocycles. The molecule has 0 spiro atoms. The van der Waals surface area contributed by atoms with E-state index in [1.807, 2.05) is 19.1 Å². The Labute approximate surface area is 127 Å². The van der Waals surface area contributed by atoms with E-state index in [-0.39, 0.29) is 16.2 Å². The molecule has 0 aliphatic heterocycles. The number of rotatable bonds is 2. The summed E-state index contributed by atoms with van der Waals surface area (Å²) >= 11 is 6.33. The zero-order valence-corrected chi connectivity index (χ0v) is 12.5. The van der Waals surface area contributed by atoms with Crippen LogP contribution in [0.5, 0.6) is 5.88 Å². The topological polar surface area (TPSA) is 94.1 Å². The summed E-state index contributed by atoms with van der Waals surface area (Å²) in [4.78, 5) is 25.1. The third kappa shape index (κ3) is 2.76. The molecule has 3 aromatic rings. The van der Waals surface area contributed by atoms with Crippen LogP contribution >= 0.6 is 23.6 Å². The molecule has 106 valence electrons. The van der Waals surface area contributed by atoms with Crippen molar-refractivity contribution in [2.24, 2.45) is 4.99 Å². The van der Waals surface area contributed by atoms with Crippen LogP contribution in [0, 0.1) is 11.7 Å². The molecule has 0 amide bonds. The fraction of sp³-hybridized carbons (Fsp3) is 0.0769.